The fourth-order valence-corrected chi connectivity index (χ4v) is 10.7. The van der Waals surface area contributed by atoms with E-state index in [2.05, 4.69) is 26.8 Å². The van der Waals surface area contributed by atoms with Crippen molar-refractivity contribution in [3.63, 3.8) is 0 Å². The van der Waals surface area contributed by atoms with Gasteiger partial charge in [-0.15, -0.1) is 0 Å². The molecule has 2 aromatic rings. The van der Waals surface area contributed by atoms with Crippen molar-refractivity contribution in [2.45, 2.75) is 295 Å². The van der Waals surface area contributed by atoms with Gasteiger partial charge in [0.25, 0.3) is 0 Å². The van der Waals surface area contributed by atoms with Crippen molar-refractivity contribution in [2.75, 3.05) is 0 Å². The molecule has 0 spiro atoms. The Labute approximate surface area is 397 Å². The molecule has 2 rings (SSSR count). The molecule has 0 aliphatic rings. The van der Waals surface area contributed by atoms with Crippen LogP contribution < -0.4 is 29.6 Å². The number of benzene rings is 2. The largest absolute Gasteiger partial charge is 1.00 e. The maximum absolute atomic E-state index is 13.2. The molecule has 0 radical (unpaired) electrons. The predicted molar refractivity (Wildman–Crippen MR) is 260 cm³/mol. The van der Waals surface area contributed by atoms with Crippen molar-refractivity contribution in [1.29, 1.82) is 0 Å². The Morgan fingerprint density at radius 2 is 0.567 bits per heavy atom. The van der Waals surface area contributed by atoms with Crippen LogP contribution in [0.15, 0.2) is 29.2 Å². The van der Waals surface area contributed by atoms with Gasteiger partial charge in [-0.2, -0.15) is 0 Å². The summed E-state index contributed by atoms with van der Waals surface area (Å²) in [5, 5.41) is 1.69. The third-order valence-corrected chi connectivity index (χ3v) is 14.3. The molecule has 0 amide bonds. The van der Waals surface area contributed by atoms with Crippen LogP contribution in [0.2, 0.25) is 0 Å². The van der Waals surface area contributed by atoms with E-state index in [9.17, 15) is 13.0 Å². The second-order valence-corrected chi connectivity index (χ2v) is 20.1. The molecule has 60 heavy (non-hydrogen) atoms. The number of hydrogen-bond acceptors (Lipinski definition) is 3. The van der Waals surface area contributed by atoms with E-state index in [1.807, 2.05) is 18.2 Å². The predicted octanol–water partition coefficient (Wildman–Crippen LogP) is 15.6. The Balaban J connectivity index is 0.0000180. The second kappa shape index (κ2) is 40.1. The maximum atomic E-state index is 13.2. The van der Waals surface area contributed by atoms with Gasteiger partial charge in [0.1, 0.15) is 10.1 Å². The molecule has 0 aromatic heterocycles. The first-order valence-corrected chi connectivity index (χ1v) is 27.9. The van der Waals surface area contributed by atoms with Gasteiger partial charge >= 0.3 is 29.6 Å². The molecule has 342 valence electrons. The zero-order valence-corrected chi connectivity index (χ0v) is 43.5. The molecule has 3 nitrogen and oxygen atoms in total. The van der Waals surface area contributed by atoms with E-state index in [0.717, 1.165) is 49.5 Å². The molecule has 0 saturated carbocycles. The van der Waals surface area contributed by atoms with Crippen LogP contribution >= 0.6 is 0 Å². The van der Waals surface area contributed by atoms with E-state index in [1.165, 1.54) is 236 Å². The van der Waals surface area contributed by atoms with Crippen LogP contribution in [0.4, 0.5) is 0 Å². The van der Waals surface area contributed by atoms with E-state index in [1.54, 1.807) is 0 Å². The number of rotatable bonds is 43. The molecular weight excluding hydrogens is 764 g/mol. The fraction of sp³-hybridized carbons (Fsp3) is 0.818. The average Bonchev–Trinajstić information content (AvgIpc) is 3.22. The van der Waals surface area contributed by atoms with E-state index in [-0.39, 0.29) is 34.5 Å². The summed E-state index contributed by atoms with van der Waals surface area (Å²) in [6.45, 7) is 6.86. The van der Waals surface area contributed by atoms with Crippen molar-refractivity contribution >= 4 is 20.9 Å². The smallest absolute Gasteiger partial charge is 0.744 e. The van der Waals surface area contributed by atoms with Crippen LogP contribution in [-0.4, -0.2) is 13.0 Å². The first-order valence-electron chi connectivity index (χ1n) is 26.5. The summed E-state index contributed by atoms with van der Waals surface area (Å²) in [6, 6.07) is 7.98. The molecule has 0 fully saturated rings. The van der Waals surface area contributed by atoms with E-state index in [0.29, 0.717) is 11.8 Å². The number of hydrogen-bond donors (Lipinski definition) is 0. The summed E-state index contributed by atoms with van der Waals surface area (Å²) in [5.74, 6) is 0. The van der Waals surface area contributed by atoms with Gasteiger partial charge in [-0.1, -0.05) is 276 Å². The molecule has 0 heterocycles. The minimum Gasteiger partial charge on any atom is -0.744 e. The Morgan fingerprint density at radius 3 is 0.850 bits per heavy atom. The quantitative estimate of drug-likeness (QED) is 0.0379. The normalized spacial score (nSPS) is 11.8. The van der Waals surface area contributed by atoms with Gasteiger partial charge in [0, 0.05) is 0 Å². The molecule has 0 atom stereocenters. The summed E-state index contributed by atoms with van der Waals surface area (Å²) in [5.41, 5.74) is 3.45. The topological polar surface area (TPSA) is 57.2 Å². The molecule has 0 bridgehead atoms. The first-order chi connectivity index (χ1) is 29.0. The Morgan fingerprint density at radius 1 is 0.333 bits per heavy atom. The van der Waals surface area contributed by atoms with Gasteiger partial charge in [-0.05, 0) is 66.0 Å². The second-order valence-electron chi connectivity index (χ2n) is 18.7. The van der Waals surface area contributed by atoms with Gasteiger partial charge in [0.15, 0.2) is 0 Å². The van der Waals surface area contributed by atoms with Gasteiger partial charge in [-0.25, -0.2) is 8.42 Å². The minimum atomic E-state index is -4.62. The van der Waals surface area contributed by atoms with Crippen molar-refractivity contribution < 1.29 is 42.5 Å². The van der Waals surface area contributed by atoms with Crippen LogP contribution in [0.3, 0.4) is 0 Å². The monoisotopic (exact) mass is 861 g/mol. The number of fused-ring (bicyclic) bond motifs is 1. The molecule has 0 saturated heterocycles. The van der Waals surface area contributed by atoms with Crippen LogP contribution in [0.1, 0.15) is 288 Å². The number of aryl methyl sites for hydroxylation is 1. The minimum absolute atomic E-state index is 0. The summed E-state index contributed by atoms with van der Waals surface area (Å²) in [4.78, 5) is 0.103. The first kappa shape index (κ1) is 57.6. The number of unbranched alkanes of at least 4 members (excludes halogenated alkanes) is 36. The molecule has 0 N–H and O–H groups in total. The van der Waals surface area contributed by atoms with Gasteiger partial charge in [0.05, 0.1) is 4.90 Å². The molecular formula is C55H97NaO3S. The molecule has 2 aromatic carbocycles. The van der Waals surface area contributed by atoms with Crippen molar-refractivity contribution in [3.8, 4) is 0 Å². The van der Waals surface area contributed by atoms with Crippen molar-refractivity contribution in [1.82, 2.24) is 0 Å². The summed E-state index contributed by atoms with van der Waals surface area (Å²) >= 11 is 0. The molecule has 5 heteroatoms. The Kier molecular flexibility index (Phi) is 38.6. The average molecular weight is 861 g/mol. The van der Waals surface area contributed by atoms with Crippen LogP contribution in [0.25, 0.3) is 10.8 Å². The molecule has 0 aliphatic heterocycles. The third kappa shape index (κ3) is 27.7. The Hall–Kier alpha value is -0.390. The van der Waals surface area contributed by atoms with Crippen LogP contribution in [0.5, 0.6) is 0 Å². The molecule has 0 aliphatic carbocycles. The van der Waals surface area contributed by atoms with Gasteiger partial charge < -0.3 is 4.55 Å². The SMILES string of the molecule is CCCCCCCCCCCCCCCc1c(CCCCCCCCCCCCCCC)c(S(=O)(=O)[O-])c2ccccc2c1CCCCCCCCCCCCCCC.[Na+]. The standard InChI is InChI=1S/C55H98O3S.Na/c1-4-7-10-13-16-19-22-25-28-31-34-37-40-45-50-51(46-41-38-35-32-29-26-23-20-17-14-11-8-5-2)53(55(59(56,57)58)54-49-44-43-47-52(50)54)48-42-39-36-33-30-27-24-21-18-15-12-9-6-3;/h43-44,47,49H,4-42,45-46,48H2,1-3H3,(H,56,57,58);/q;+1/p-1. The van der Waals surface area contributed by atoms with Gasteiger partial charge in [0.2, 0.25) is 0 Å². The van der Waals surface area contributed by atoms with E-state index in [4.69, 9.17) is 0 Å². The fourth-order valence-electron chi connectivity index (χ4n) is 9.68. The summed E-state index contributed by atoms with van der Waals surface area (Å²) in [7, 11) is -4.62. The Bertz CT molecular complexity index is 1370. The van der Waals surface area contributed by atoms with Gasteiger partial charge in [-0.3, -0.25) is 0 Å². The van der Waals surface area contributed by atoms with E-state index >= 15 is 0 Å². The van der Waals surface area contributed by atoms with Crippen LogP contribution in [-0.2, 0) is 29.4 Å². The maximum Gasteiger partial charge on any atom is 1.00 e. The third-order valence-electron chi connectivity index (χ3n) is 13.3. The van der Waals surface area contributed by atoms with Crippen molar-refractivity contribution in [3.05, 3.63) is 41.0 Å². The summed E-state index contributed by atoms with van der Waals surface area (Å²) in [6.07, 6.45) is 53.9. The zero-order chi connectivity index (χ0) is 42.5. The zero-order valence-electron chi connectivity index (χ0n) is 40.6. The summed E-state index contributed by atoms with van der Waals surface area (Å²) < 4.78 is 39.6. The van der Waals surface area contributed by atoms with E-state index < -0.39 is 10.1 Å². The van der Waals surface area contributed by atoms with Crippen LogP contribution in [0, 0.1) is 0 Å². The molecule has 0 unspecified atom stereocenters. The van der Waals surface area contributed by atoms with Crippen molar-refractivity contribution in [2.24, 2.45) is 0 Å².